The van der Waals surface area contributed by atoms with Crippen LogP contribution in [0.1, 0.15) is 55.2 Å². The van der Waals surface area contributed by atoms with Crippen LogP contribution in [0.2, 0.25) is 0 Å². The van der Waals surface area contributed by atoms with Crippen molar-refractivity contribution in [3.8, 4) is 0 Å². The van der Waals surface area contributed by atoms with Crippen LogP contribution in [0.15, 0.2) is 39.6 Å². The molecule has 1 fully saturated rings. The van der Waals surface area contributed by atoms with Gasteiger partial charge in [0.05, 0.1) is 4.90 Å². The van der Waals surface area contributed by atoms with Gasteiger partial charge >= 0.3 is 0 Å². The van der Waals surface area contributed by atoms with E-state index in [4.69, 9.17) is 4.42 Å². The Morgan fingerprint density at radius 2 is 1.73 bits per heavy atom. The fourth-order valence-electron chi connectivity index (χ4n) is 4.58. The van der Waals surface area contributed by atoms with Crippen LogP contribution >= 0.6 is 0 Å². The van der Waals surface area contributed by atoms with E-state index in [1.807, 2.05) is 58.9 Å². The van der Waals surface area contributed by atoms with E-state index in [1.165, 1.54) is 4.31 Å². The third kappa shape index (κ3) is 4.68. The number of benzene rings is 2. The summed E-state index contributed by atoms with van der Waals surface area (Å²) in [4.78, 5) is 17.7. The first-order chi connectivity index (χ1) is 15.6. The number of nitrogens with zero attached hydrogens (tertiary/aromatic N) is 2. The Morgan fingerprint density at radius 1 is 1.09 bits per heavy atom. The normalized spacial score (nSPS) is 15.9. The molecule has 0 aliphatic carbocycles. The molecule has 1 saturated heterocycles. The quantitative estimate of drug-likeness (QED) is 0.573. The fraction of sp³-hybridized carbons (Fsp3) is 0.440. The number of anilines is 1. The maximum Gasteiger partial charge on any atom is 0.243 e. The van der Waals surface area contributed by atoms with Gasteiger partial charge in [-0.2, -0.15) is 4.31 Å². The molecule has 1 N–H and O–H groups in total. The van der Waals surface area contributed by atoms with Crippen LogP contribution in [0.5, 0.6) is 0 Å². The van der Waals surface area contributed by atoms with Gasteiger partial charge in [0.1, 0.15) is 5.52 Å². The van der Waals surface area contributed by atoms with Crippen LogP contribution in [-0.4, -0.2) is 36.7 Å². The van der Waals surface area contributed by atoms with Crippen molar-refractivity contribution in [3.63, 3.8) is 0 Å². The highest BCUT2D eigenvalue weighted by Crippen LogP contribution is 2.30. The van der Waals surface area contributed by atoms with Gasteiger partial charge < -0.3 is 9.73 Å². The van der Waals surface area contributed by atoms with Gasteiger partial charge in [-0.1, -0.05) is 31.5 Å². The largest absolute Gasteiger partial charge is 0.440 e. The van der Waals surface area contributed by atoms with Gasteiger partial charge in [-0.25, -0.2) is 13.4 Å². The number of amides is 1. The molecule has 3 aromatic rings. The molecule has 1 aromatic heterocycles. The van der Waals surface area contributed by atoms with Gasteiger partial charge in [-0.05, 0) is 62.9 Å². The van der Waals surface area contributed by atoms with Crippen molar-refractivity contribution in [2.24, 2.45) is 5.92 Å². The predicted molar refractivity (Wildman–Crippen MR) is 129 cm³/mol. The van der Waals surface area contributed by atoms with Crippen molar-refractivity contribution in [2.75, 3.05) is 18.4 Å². The summed E-state index contributed by atoms with van der Waals surface area (Å²) < 4.78 is 33.8. The van der Waals surface area contributed by atoms with Crippen LogP contribution in [0.4, 0.5) is 5.69 Å². The van der Waals surface area contributed by atoms with E-state index in [0.717, 1.165) is 16.7 Å². The van der Waals surface area contributed by atoms with Crippen LogP contribution in [0.25, 0.3) is 11.1 Å². The number of carbonyl (C=O) groups excluding carboxylic acids is 1. The second-order valence-electron chi connectivity index (χ2n) is 9.28. The zero-order valence-corrected chi connectivity index (χ0v) is 20.6. The number of sulfonamides is 1. The summed E-state index contributed by atoms with van der Waals surface area (Å²) in [5.41, 5.74) is 4.63. The SMILES string of the molecule is Cc1cc(C)c(S(=O)(=O)N2CCC(C(=O)Nc3ccc4oc(C(C)C)nc4c3)CC2)c(C)c1. The van der Waals surface area contributed by atoms with E-state index in [0.29, 0.717) is 53.5 Å². The summed E-state index contributed by atoms with van der Waals surface area (Å²) in [6, 6.07) is 9.22. The van der Waals surface area contributed by atoms with E-state index >= 15 is 0 Å². The Kier molecular flexibility index (Phi) is 6.33. The lowest BCUT2D eigenvalue weighted by molar-refractivity contribution is -0.120. The van der Waals surface area contributed by atoms with Crippen LogP contribution in [-0.2, 0) is 14.8 Å². The molecular formula is C25H31N3O4S. The molecular weight excluding hydrogens is 438 g/mol. The van der Waals surface area contributed by atoms with E-state index in [9.17, 15) is 13.2 Å². The number of hydrogen-bond acceptors (Lipinski definition) is 5. The molecule has 0 atom stereocenters. The van der Waals surface area contributed by atoms with Crippen molar-refractivity contribution in [1.82, 2.24) is 9.29 Å². The van der Waals surface area contributed by atoms with Crippen LogP contribution in [0.3, 0.4) is 0 Å². The van der Waals surface area contributed by atoms with Crippen LogP contribution in [0, 0.1) is 26.7 Å². The molecule has 1 aliphatic heterocycles. The second-order valence-corrected chi connectivity index (χ2v) is 11.2. The van der Waals surface area contributed by atoms with Crippen molar-refractivity contribution >= 4 is 32.7 Å². The first kappa shape index (κ1) is 23.4. The Labute approximate surface area is 195 Å². The second kappa shape index (κ2) is 8.91. The molecule has 4 rings (SSSR count). The summed E-state index contributed by atoms with van der Waals surface area (Å²) in [7, 11) is -3.59. The minimum Gasteiger partial charge on any atom is -0.440 e. The smallest absolute Gasteiger partial charge is 0.243 e. The maximum absolute atomic E-state index is 13.3. The number of oxazole rings is 1. The Hall–Kier alpha value is -2.71. The molecule has 33 heavy (non-hydrogen) atoms. The Morgan fingerprint density at radius 3 is 2.33 bits per heavy atom. The highest BCUT2D eigenvalue weighted by Gasteiger charge is 2.33. The summed E-state index contributed by atoms with van der Waals surface area (Å²) in [5.74, 6) is 0.517. The lowest BCUT2D eigenvalue weighted by atomic mass is 9.97. The average molecular weight is 470 g/mol. The molecule has 0 spiro atoms. The molecule has 2 heterocycles. The van der Waals surface area contributed by atoms with Gasteiger partial charge in [-0.15, -0.1) is 0 Å². The summed E-state index contributed by atoms with van der Waals surface area (Å²) in [6.45, 7) is 10.3. The zero-order valence-electron chi connectivity index (χ0n) is 19.8. The van der Waals surface area contributed by atoms with Gasteiger partial charge in [0, 0.05) is 30.6 Å². The predicted octanol–water partition coefficient (Wildman–Crippen LogP) is 4.92. The van der Waals surface area contributed by atoms with E-state index in [2.05, 4.69) is 10.3 Å². The maximum atomic E-state index is 13.3. The lowest BCUT2D eigenvalue weighted by Crippen LogP contribution is -2.41. The van der Waals surface area contributed by atoms with Gasteiger partial charge in [-0.3, -0.25) is 4.79 Å². The number of hydrogen-bond donors (Lipinski definition) is 1. The standard InChI is InChI=1S/C25H31N3O4S/c1-15(2)25-27-21-14-20(6-7-22(21)32-25)26-24(29)19-8-10-28(11-9-19)33(30,31)23-17(4)12-16(3)13-18(23)5/h6-7,12-15,19H,8-11H2,1-5H3,(H,26,29). The third-order valence-corrected chi connectivity index (χ3v) is 8.40. The van der Waals surface area contributed by atoms with E-state index in [-0.39, 0.29) is 17.7 Å². The fourth-order valence-corrected chi connectivity index (χ4v) is 6.46. The highest BCUT2D eigenvalue weighted by atomic mass is 32.2. The molecule has 0 radical (unpaired) electrons. The number of carbonyl (C=O) groups is 1. The van der Waals surface area contributed by atoms with Crippen molar-refractivity contribution in [2.45, 2.75) is 58.3 Å². The third-order valence-electron chi connectivity index (χ3n) is 6.19. The molecule has 0 bridgehead atoms. The highest BCUT2D eigenvalue weighted by molar-refractivity contribution is 7.89. The molecule has 8 heteroatoms. The monoisotopic (exact) mass is 469 g/mol. The first-order valence-electron chi connectivity index (χ1n) is 11.4. The minimum atomic E-state index is -3.59. The first-order valence-corrected chi connectivity index (χ1v) is 12.8. The molecule has 0 unspecified atom stereocenters. The number of fused-ring (bicyclic) bond motifs is 1. The van der Waals surface area contributed by atoms with Gasteiger partial charge in [0.15, 0.2) is 11.5 Å². The van der Waals surface area contributed by atoms with E-state index in [1.54, 1.807) is 6.07 Å². The number of nitrogens with one attached hydrogen (secondary N) is 1. The molecule has 0 saturated carbocycles. The number of rotatable bonds is 5. The van der Waals surface area contributed by atoms with Crippen LogP contribution < -0.4 is 5.32 Å². The minimum absolute atomic E-state index is 0.0957. The molecule has 7 nitrogen and oxygen atoms in total. The molecule has 176 valence electrons. The lowest BCUT2D eigenvalue weighted by Gasteiger charge is -2.31. The average Bonchev–Trinajstić information content (AvgIpc) is 3.17. The zero-order chi connectivity index (χ0) is 23.9. The summed E-state index contributed by atoms with van der Waals surface area (Å²) in [5, 5.41) is 2.96. The van der Waals surface area contributed by atoms with E-state index < -0.39 is 10.0 Å². The van der Waals surface area contributed by atoms with Crippen molar-refractivity contribution in [3.05, 3.63) is 52.9 Å². The van der Waals surface area contributed by atoms with Gasteiger partial charge in [0.25, 0.3) is 0 Å². The topological polar surface area (TPSA) is 92.5 Å². The summed E-state index contributed by atoms with van der Waals surface area (Å²) >= 11 is 0. The Bertz CT molecular complexity index is 1280. The summed E-state index contributed by atoms with van der Waals surface area (Å²) in [6.07, 6.45) is 0.970. The molecule has 2 aromatic carbocycles. The Balaban J connectivity index is 1.42. The molecule has 1 aliphatic rings. The number of piperidine rings is 1. The number of aryl methyl sites for hydroxylation is 3. The van der Waals surface area contributed by atoms with Gasteiger partial charge in [0.2, 0.25) is 15.9 Å². The van der Waals surface area contributed by atoms with Crippen molar-refractivity contribution in [1.29, 1.82) is 0 Å². The van der Waals surface area contributed by atoms with Crippen molar-refractivity contribution < 1.29 is 17.6 Å². The molecule has 1 amide bonds. The number of aromatic nitrogens is 1.